The third kappa shape index (κ3) is 6.27. The van der Waals surface area contributed by atoms with E-state index in [1.807, 2.05) is 0 Å². The molecule has 0 atom stereocenters. The highest BCUT2D eigenvalue weighted by molar-refractivity contribution is 7.89. The molecule has 0 saturated carbocycles. The summed E-state index contributed by atoms with van der Waals surface area (Å²) in [7, 11) is -3.83. The van der Waals surface area contributed by atoms with E-state index in [1.54, 1.807) is 4.90 Å². The smallest absolute Gasteiger partial charge is 0.244 e. The number of ether oxygens (including phenoxy) is 2. The molecule has 0 radical (unpaired) electrons. The van der Waals surface area contributed by atoms with Gasteiger partial charge in [0, 0.05) is 43.0 Å². The van der Waals surface area contributed by atoms with E-state index < -0.39 is 15.4 Å². The Bertz CT molecular complexity index is 1150. The van der Waals surface area contributed by atoms with E-state index >= 15 is 0 Å². The number of halogens is 3. The lowest BCUT2D eigenvalue weighted by Crippen LogP contribution is -2.49. The lowest BCUT2D eigenvalue weighted by atomic mass is 9.76. The second kappa shape index (κ2) is 11.0. The first-order valence-electron chi connectivity index (χ1n) is 11.4. The molecule has 0 aliphatic carbocycles. The normalized spacial score (nSPS) is 18.9. The lowest BCUT2D eigenvalue weighted by molar-refractivity contribution is -0.139. The molecule has 0 bridgehead atoms. The van der Waals surface area contributed by atoms with Gasteiger partial charge in [0.25, 0.3) is 0 Å². The van der Waals surface area contributed by atoms with Gasteiger partial charge in [0.2, 0.25) is 15.9 Å². The Balaban J connectivity index is 1.50. The molecule has 2 saturated heterocycles. The fourth-order valence-corrected chi connectivity index (χ4v) is 6.60. The molecular formula is C24H27Cl2FN2O5S. The van der Waals surface area contributed by atoms with Crippen molar-refractivity contribution in [2.45, 2.75) is 24.2 Å². The van der Waals surface area contributed by atoms with Crippen molar-refractivity contribution in [2.75, 3.05) is 46.0 Å². The van der Waals surface area contributed by atoms with Gasteiger partial charge in [0.1, 0.15) is 16.5 Å². The summed E-state index contributed by atoms with van der Waals surface area (Å²) in [6, 6.07) is 10.00. The van der Waals surface area contributed by atoms with Gasteiger partial charge in [0.15, 0.2) is 0 Å². The number of amides is 1. The van der Waals surface area contributed by atoms with E-state index in [-0.39, 0.29) is 47.8 Å². The van der Waals surface area contributed by atoms with E-state index in [4.69, 9.17) is 32.7 Å². The Labute approximate surface area is 214 Å². The highest BCUT2D eigenvalue weighted by Crippen LogP contribution is 2.39. The van der Waals surface area contributed by atoms with Gasteiger partial charge in [-0.1, -0.05) is 23.2 Å². The molecule has 2 aromatic carbocycles. The zero-order chi connectivity index (χ0) is 25.1. The van der Waals surface area contributed by atoms with E-state index in [0.717, 1.165) is 0 Å². The number of morpholine rings is 1. The summed E-state index contributed by atoms with van der Waals surface area (Å²) < 4.78 is 52.5. The summed E-state index contributed by atoms with van der Waals surface area (Å²) in [4.78, 5) is 14.9. The molecule has 1 amide bonds. The number of benzene rings is 2. The standard InChI is InChI=1S/C24H27Cl2FN2O5S/c25-18-1-6-22(21(26)15-18)35(31,32)29-9-7-24(8-10-29,16-23(30)28-11-13-33-14-12-28)17-34-20-4-2-19(27)3-5-20/h1-6,15H,7-14,16-17H2. The predicted molar refractivity (Wildman–Crippen MR) is 131 cm³/mol. The van der Waals surface area contributed by atoms with Crippen molar-refractivity contribution in [2.24, 2.45) is 5.41 Å². The maximum Gasteiger partial charge on any atom is 0.244 e. The minimum atomic E-state index is -3.83. The van der Waals surface area contributed by atoms with Crippen LogP contribution < -0.4 is 4.74 Å². The van der Waals surface area contributed by atoms with Crippen LogP contribution >= 0.6 is 23.2 Å². The van der Waals surface area contributed by atoms with Gasteiger partial charge in [-0.25, -0.2) is 12.8 Å². The topological polar surface area (TPSA) is 76.2 Å². The average Bonchev–Trinajstić information content (AvgIpc) is 2.84. The molecule has 2 aliphatic rings. The Morgan fingerprint density at radius 3 is 2.31 bits per heavy atom. The van der Waals surface area contributed by atoms with Crippen LogP contribution in [-0.4, -0.2) is 69.5 Å². The number of nitrogens with zero attached hydrogens (tertiary/aromatic N) is 2. The third-order valence-corrected chi connectivity index (χ3v) is 9.16. The number of hydrogen-bond acceptors (Lipinski definition) is 5. The maximum absolute atomic E-state index is 13.3. The number of carbonyl (C=O) groups excluding carboxylic acids is 1. The summed E-state index contributed by atoms with van der Waals surface area (Å²) in [6.07, 6.45) is 1.08. The first-order valence-corrected chi connectivity index (χ1v) is 13.6. The van der Waals surface area contributed by atoms with Gasteiger partial charge in [-0.05, 0) is 55.3 Å². The Morgan fingerprint density at radius 2 is 1.69 bits per heavy atom. The van der Waals surface area contributed by atoms with Gasteiger partial charge < -0.3 is 14.4 Å². The quantitative estimate of drug-likeness (QED) is 0.521. The summed E-state index contributed by atoms with van der Waals surface area (Å²) >= 11 is 12.1. The SMILES string of the molecule is O=C(CC1(COc2ccc(F)cc2)CCN(S(=O)(=O)c2ccc(Cl)cc2Cl)CC1)N1CCOCC1. The number of rotatable bonds is 7. The minimum Gasteiger partial charge on any atom is -0.493 e. The summed E-state index contributed by atoms with van der Waals surface area (Å²) in [6.45, 7) is 2.70. The molecule has 7 nitrogen and oxygen atoms in total. The fraction of sp³-hybridized carbons (Fsp3) is 0.458. The summed E-state index contributed by atoms with van der Waals surface area (Å²) in [5.74, 6) is 0.120. The van der Waals surface area contributed by atoms with Crippen molar-refractivity contribution in [3.8, 4) is 5.75 Å². The Morgan fingerprint density at radius 1 is 1.03 bits per heavy atom. The molecule has 35 heavy (non-hydrogen) atoms. The molecule has 2 aromatic rings. The molecule has 0 unspecified atom stereocenters. The van der Waals surface area contributed by atoms with Crippen LogP contribution in [-0.2, 0) is 19.6 Å². The third-order valence-electron chi connectivity index (χ3n) is 6.54. The van der Waals surface area contributed by atoms with Gasteiger partial charge >= 0.3 is 0 Å². The molecule has 11 heteroatoms. The molecule has 0 spiro atoms. The van der Waals surface area contributed by atoms with E-state index in [1.165, 1.54) is 46.8 Å². The lowest BCUT2D eigenvalue weighted by Gasteiger charge is -2.42. The second-order valence-electron chi connectivity index (χ2n) is 8.89. The predicted octanol–water partition coefficient (Wildman–Crippen LogP) is 4.23. The zero-order valence-corrected chi connectivity index (χ0v) is 21.4. The molecule has 2 heterocycles. The van der Waals surface area contributed by atoms with Gasteiger partial charge in [-0.15, -0.1) is 0 Å². The molecule has 0 aromatic heterocycles. The fourth-order valence-electron chi connectivity index (χ4n) is 4.41. The molecule has 4 rings (SSSR count). The van der Waals surface area contributed by atoms with Gasteiger partial charge in [-0.3, -0.25) is 4.79 Å². The number of hydrogen-bond donors (Lipinski definition) is 0. The minimum absolute atomic E-state index is 0.00280. The van der Waals surface area contributed by atoms with E-state index in [9.17, 15) is 17.6 Å². The maximum atomic E-state index is 13.3. The van der Waals surface area contributed by atoms with Gasteiger partial charge in [0.05, 0.1) is 24.8 Å². The van der Waals surface area contributed by atoms with E-state index in [2.05, 4.69) is 0 Å². The molecule has 190 valence electrons. The monoisotopic (exact) mass is 544 g/mol. The van der Waals surface area contributed by atoms with Crippen molar-refractivity contribution < 1.29 is 27.1 Å². The number of piperidine rings is 1. The van der Waals surface area contributed by atoms with Crippen LogP contribution in [0.25, 0.3) is 0 Å². The van der Waals surface area contributed by atoms with Crippen molar-refractivity contribution in [3.05, 3.63) is 58.3 Å². The summed E-state index contributed by atoms with van der Waals surface area (Å²) in [5, 5.41) is 0.419. The summed E-state index contributed by atoms with van der Waals surface area (Å²) in [5.41, 5.74) is -0.570. The second-order valence-corrected chi connectivity index (χ2v) is 11.6. The van der Waals surface area contributed by atoms with Crippen LogP contribution in [0.3, 0.4) is 0 Å². The first-order chi connectivity index (χ1) is 16.7. The first kappa shape index (κ1) is 26.2. The highest BCUT2D eigenvalue weighted by Gasteiger charge is 2.42. The molecule has 2 fully saturated rings. The highest BCUT2D eigenvalue weighted by atomic mass is 35.5. The average molecular weight is 545 g/mol. The largest absolute Gasteiger partial charge is 0.493 e. The van der Waals surface area contributed by atoms with Crippen LogP contribution in [0.15, 0.2) is 47.4 Å². The van der Waals surface area contributed by atoms with Crippen molar-refractivity contribution >= 4 is 39.1 Å². The number of sulfonamides is 1. The van der Waals surface area contributed by atoms with E-state index in [0.29, 0.717) is 49.9 Å². The van der Waals surface area contributed by atoms with Crippen LogP contribution in [0, 0.1) is 11.2 Å². The van der Waals surface area contributed by atoms with Crippen molar-refractivity contribution in [1.82, 2.24) is 9.21 Å². The molecule has 0 N–H and O–H groups in total. The Kier molecular flexibility index (Phi) is 8.23. The van der Waals surface area contributed by atoms with Crippen LogP contribution in [0.5, 0.6) is 5.75 Å². The van der Waals surface area contributed by atoms with Crippen molar-refractivity contribution in [1.29, 1.82) is 0 Å². The molecule has 2 aliphatic heterocycles. The Hall–Kier alpha value is -1.91. The van der Waals surface area contributed by atoms with Crippen LogP contribution in [0.2, 0.25) is 10.0 Å². The van der Waals surface area contributed by atoms with Crippen LogP contribution in [0.4, 0.5) is 4.39 Å². The van der Waals surface area contributed by atoms with Gasteiger partial charge in [-0.2, -0.15) is 4.31 Å². The number of carbonyl (C=O) groups is 1. The molecular weight excluding hydrogens is 518 g/mol. The van der Waals surface area contributed by atoms with Crippen LogP contribution in [0.1, 0.15) is 19.3 Å². The zero-order valence-electron chi connectivity index (χ0n) is 19.1. The van der Waals surface area contributed by atoms with Crippen molar-refractivity contribution in [3.63, 3.8) is 0 Å².